The van der Waals surface area contributed by atoms with E-state index in [2.05, 4.69) is 15.9 Å². The molecule has 8 heteroatoms. The number of ether oxygens (including phenoxy) is 3. The van der Waals surface area contributed by atoms with Gasteiger partial charge in [0.05, 0.1) is 24.7 Å². The van der Waals surface area contributed by atoms with Gasteiger partial charge in [-0.2, -0.15) is 0 Å². The van der Waals surface area contributed by atoms with Gasteiger partial charge in [0.25, 0.3) is 5.69 Å². The molecule has 0 N–H and O–H groups in total. The van der Waals surface area contributed by atoms with Crippen LogP contribution in [0.2, 0.25) is 0 Å². The van der Waals surface area contributed by atoms with Crippen molar-refractivity contribution in [2.45, 2.75) is 13.5 Å². The summed E-state index contributed by atoms with van der Waals surface area (Å²) in [5, 5.41) is 11.3. The zero-order valence-corrected chi connectivity index (χ0v) is 15.2. The van der Waals surface area contributed by atoms with Gasteiger partial charge in [0.1, 0.15) is 12.2 Å². The molecule has 0 radical (unpaired) electrons. The summed E-state index contributed by atoms with van der Waals surface area (Å²) in [6.07, 6.45) is 0. The summed E-state index contributed by atoms with van der Waals surface area (Å²) in [7, 11) is 1.39. The first-order valence-corrected chi connectivity index (χ1v) is 8.17. The summed E-state index contributed by atoms with van der Waals surface area (Å²) in [6.45, 7) is 2.03. The summed E-state index contributed by atoms with van der Waals surface area (Å²) in [5.41, 5.74) is 0.148. The Morgan fingerprint density at radius 1 is 1.24 bits per heavy atom. The Morgan fingerprint density at radius 3 is 2.56 bits per heavy atom. The Morgan fingerprint density at radius 2 is 1.96 bits per heavy atom. The quantitative estimate of drug-likeness (QED) is 0.388. The number of carbonyl (C=O) groups is 1. The fraction of sp³-hybridized carbons (Fsp3) is 0.235. The minimum absolute atomic E-state index is 0.0209. The van der Waals surface area contributed by atoms with Gasteiger partial charge in [0, 0.05) is 16.1 Å². The lowest BCUT2D eigenvalue weighted by Crippen LogP contribution is -2.10. The predicted octanol–water partition coefficient (Wildman–Crippen LogP) is 4.12. The van der Waals surface area contributed by atoms with Crippen molar-refractivity contribution in [3.05, 3.63) is 62.1 Å². The Kier molecular flexibility index (Phi) is 6.35. The van der Waals surface area contributed by atoms with Gasteiger partial charge in [-0.05, 0) is 13.0 Å². The number of rotatable bonds is 7. The second-order valence-electron chi connectivity index (χ2n) is 4.88. The topological polar surface area (TPSA) is 87.9 Å². The fourth-order valence-electron chi connectivity index (χ4n) is 2.13. The third-order valence-corrected chi connectivity index (χ3v) is 4.09. The minimum Gasteiger partial charge on any atom is -0.493 e. The lowest BCUT2D eigenvalue weighted by atomic mass is 10.1. The lowest BCUT2D eigenvalue weighted by Gasteiger charge is -2.12. The van der Waals surface area contributed by atoms with Crippen LogP contribution in [0, 0.1) is 10.1 Å². The Balaban J connectivity index is 2.31. The first-order chi connectivity index (χ1) is 12.0. The van der Waals surface area contributed by atoms with Crippen molar-refractivity contribution in [3.63, 3.8) is 0 Å². The van der Waals surface area contributed by atoms with E-state index in [9.17, 15) is 14.9 Å². The molecule has 0 bridgehead atoms. The Hall–Kier alpha value is -2.61. The van der Waals surface area contributed by atoms with Gasteiger partial charge in [0.15, 0.2) is 11.5 Å². The molecule has 0 aliphatic rings. The maximum atomic E-state index is 12.4. The average molecular weight is 410 g/mol. The highest BCUT2D eigenvalue weighted by molar-refractivity contribution is 9.10. The van der Waals surface area contributed by atoms with Gasteiger partial charge in [-0.3, -0.25) is 10.1 Å². The zero-order valence-electron chi connectivity index (χ0n) is 13.7. The van der Waals surface area contributed by atoms with E-state index < -0.39 is 16.6 Å². The van der Waals surface area contributed by atoms with Crippen LogP contribution >= 0.6 is 15.9 Å². The predicted molar refractivity (Wildman–Crippen MR) is 94.1 cm³/mol. The minimum atomic E-state index is -0.816. The lowest BCUT2D eigenvalue weighted by molar-refractivity contribution is -0.385. The molecule has 0 unspecified atom stereocenters. The van der Waals surface area contributed by atoms with Crippen molar-refractivity contribution in [2.24, 2.45) is 0 Å². The molecule has 0 aliphatic carbocycles. The molecule has 132 valence electrons. The van der Waals surface area contributed by atoms with E-state index in [-0.39, 0.29) is 23.7 Å². The number of nitrogens with zero attached hydrogens (tertiary/aromatic N) is 1. The van der Waals surface area contributed by atoms with Crippen LogP contribution in [0.1, 0.15) is 22.8 Å². The van der Waals surface area contributed by atoms with Crippen LogP contribution in [0.3, 0.4) is 0 Å². The van der Waals surface area contributed by atoms with Crippen molar-refractivity contribution in [1.29, 1.82) is 0 Å². The highest BCUT2D eigenvalue weighted by Crippen LogP contribution is 2.35. The Labute approximate surface area is 152 Å². The summed E-state index contributed by atoms with van der Waals surface area (Å²) in [5.74, 6) is -0.400. The molecule has 0 saturated carbocycles. The maximum absolute atomic E-state index is 12.4. The summed E-state index contributed by atoms with van der Waals surface area (Å²) in [6, 6.07) is 9.65. The molecule has 0 heterocycles. The molecule has 0 aliphatic heterocycles. The molecule has 2 aromatic carbocycles. The SMILES string of the molecule is CCOc1cc([N+](=O)[O-])c(C(=O)OCc2ccccc2Br)cc1OC. The molecule has 0 fully saturated rings. The second kappa shape index (κ2) is 8.48. The molecule has 0 amide bonds. The molecule has 2 aromatic rings. The molecule has 7 nitrogen and oxygen atoms in total. The van der Waals surface area contributed by atoms with E-state index in [0.717, 1.165) is 16.1 Å². The standard InChI is InChI=1S/C17H16BrNO6/c1-3-24-16-9-14(19(21)22)12(8-15(16)23-2)17(20)25-10-11-6-4-5-7-13(11)18/h4-9H,3,10H2,1-2H3. The summed E-state index contributed by atoms with van der Waals surface area (Å²) < 4.78 is 16.4. The molecular weight excluding hydrogens is 394 g/mol. The van der Waals surface area contributed by atoms with Crippen LogP contribution in [0.15, 0.2) is 40.9 Å². The number of methoxy groups -OCH3 is 1. The largest absolute Gasteiger partial charge is 0.493 e. The van der Waals surface area contributed by atoms with Crippen LogP contribution < -0.4 is 9.47 Å². The smallest absolute Gasteiger partial charge is 0.345 e. The zero-order chi connectivity index (χ0) is 18.4. The van der Waals surface area contributed by atoms with Crippen molar-refractivity contribution in [2.75, 3.05) is 13.7 Å². The molecular formula is C17H16BrNO6. The van der Waals surface area contributed by atoms with E-state index in [1.165, 1.54) is 13.2 Å². The van der Waals surface area contributed by atoms with Gasteiger partial charge >= 0.3 is 5.97 Å². The number of nitro groups is 1. The number of benzene rings is 2. The van der Waals surface area contributed by atoms with Crippen LogP contribution in [-0.2, 0) is 11.3 Å². The van der Waals surface area contributed by atoms with Crippen LogP contribution in [0.5, 0.6) is 11.5 Å². The molecule has 25 heavy (non-hydrogen) atoms. The van der Waals surface area contributed by atoms with Gasteiger partial charge in [-0.25, -0.2) is 4.79 Å². The number of nitro benzene ring substituents is 1. The van der Waals surface area contributed by atoms with Crippen molar-refractivity contribution in [1.82, 2.24) is 0 Å². The van der Waals surface area contributed by atoms with Crippen molar-refractivity contribution in [3.8, 4) is 11.5 Å². The van der Waals surface area contributed by atoms with E-state index in [1.807, 2.05) is 12.1 Å². The monoisotopic (exact) mass is 409 g/mol. The van der Waals surface area contributed by atoms with Crippen LogP contribution in [0.25, 0.3) is 0 Å². The first kappa shape index (κ1) is 18.7. The third-order valence-electron chi connectivity index (χ3n) is 3.32. The number of esters is 1. The normalized spacial score (nSPS) is 10.2. The van der Waals surface area contributed by atoms with Gasteiger partial charge < -0.3 is 14.2 Å². The van der Waals surface area contributed by atoms with Crippen molar-refractivity contribution < 1.29 is 23.9 Å². The molecule has 0 spiro atoms. The van der Waals surface area contributed by atoms with Gasteiger partial charge in [0.2, 0.25) is 0 Å². The molecule has 0 saturated heterocycles. The highest BCUT2D eigenvalue weighted by atomic mass is 79.9. The first-order valence-electron chi connectivity index (χ1n) is 7.37. The number of carbonyl (C=O) groups excluding carboxylic acids is 1. The van der Waals surface area contributed by atoms with E-state index in [0.29, 0.717) is 6.61 Å². The number of hydrogen-bond donors (Lipinski definition) is 0. The molecule has 2 rings (SSSR count). The number of hydrogen-bond acceptors (Lipinski definition) is 6. The Bertz CT molecular complexity index is 793. The third kappa shape index (κ3) is 4.48. The maximum Gasteiger partial charge on any atom is 0.345 e. The summed E-state index contributed by atoms with van der Waals surface area (Å²) >= 11 is 3.35. The second-order valence-corrected chi connectivity index (χ2v) is 5.73. The van der Waals surface area contributed by atoms with E-state index in [1.54, 1.807) is 19.1 Å². The van der Waals surface area contributed by atoms with Gasteiger partial charge in [-0.15, -0.1) is 0 Å². The molecule has 0 atom stereocenters. The van der Waals surface area contributed by atoms with E-state index in [4.69, 9.17) is 14.2 Å². The van der Waals surface area contributed by atoms with E-state index >= 15 is 0 Å². The van der Waals surface area contributed by atoms with Crippen LogP contribution in [0.4, 0.5) is 5.69 Å². The fourth-order valence-corrected chi connectivity index (χ4v) is 2.53. The van der Waals surface area contributed by atoms with Crippen LogP contribution in [-0.4, -0.2) is 24.6 Å². The highest BCUT2D eigenvalue weighted by Gasteiger charge is 2.26. The molecule has 0 aromatic heterocycles. The number of halogens is 1. The van der Waals surface area contributed by atoms with Gasteiger partial charge in [-0.1, -0.05) is 34.1 Å². The average Bonchev–Trinajstić information content (AvgIpc) is 2.60. The summed E-state index contributed by atoms with van der Waals surface area (Å²) in [4.78, 5) is 23.0. The van der Waals surface area contributed by atoms with Crippen molar-refractivity contribution >= 4 is 27.6 Å².